The van der Waals surface area contributed by atoms with Gasteiger partial charge in [0.25, 0.3) is 0 Å². The Hall–Kier alpha value is -3.13. The maximum absolute atomic E-state index is 11.6. The van der Waals surface area contributed by atoms with Crippen molar-refractivity contribution >= 4 is 50.5 Å². The van der Waals surface area contributed by atoms with Gasteiger partial charge in [-0.1, -0.05) is 23.7 Å². The smallest absolute Gasteiger partial charge is 0.307 e. The van der Waals surface area contributed by atoms with Crippen LogP contribution in [0.15, 0.2) is 48.5 Å². The quantitative estimate of drug-likeness (QED) is 0.221. The van der Waals surface area contributed by atoms with Gasteiger partial charge in [-0.05, 0) is 60.0 Å². The van der Waals surface area contributed by atoms with Crippen LogP contribution in [0.4, 0.5) is 11.4 Å². The van der Waals surface area contributed by atoms with E-state index in [9.17, 15) is 9.90 Å². The number of anilines is 2. The molecule has 5 N–H and O–H groups in total. The Morgan fingerprint density at radius 3 is 2.45 bits per heavy atom. The van der Waals surface area contributed by atoms with E-state index in [2.05, 4.69) is 0 Å². The Morgan fingerprint density at radius 1 is 1.16 bits per heavy atom. The molecule has 1 heterocycles. The van der Waals surface area contributed by atoms with Crippen molar-refractivity contribution in [2.75, 3.05) is 17.8 Å². The fourth-order valence-corrected chi connectivity index (χ4v) is 4.93. The SMILES string of the molecule is Cc1cc2nc(-c3ccc(N(C)N)c(N)c3)sc2c(-c2ccc(Cl)cc2)c1CC(=O)O. The Kier molecular flexibility index (Phi) is 5.58. The number of hydrogen-bond acceptors (Lipinski definition) is 6. The van der Waals surface area contributed by atoms with Crippen LogP contribution in [-0.2, 0) is 11.2 Å². The van der Waals surface area contributed by atoms with Gasteiger partial charge in [0, 0.05) is 23.2 Å². The molecule has 0 atom stereocenters. The predicted molar refractivity (Wildman–Crippen MR) is 129 cm³/mol. The Labute approximate surface area is 188 Å². The molecule has 0 saturated heterocycles. The van der Waals surface area contributed by atoms with Gasteiger partial charge in [0.2, 0.25) is 0 Å². The largest absolute Gasteiger partial charge is 0.481 e. The average Bonchev–Trinajstić information content (AvgIpc) is 3.12. The van der Waals surface area contributed by atoms with Crippen LogP contribution < -0.4 is 16.6 Å². The third kappa shape index (κ3) is 4.07. The average molecular weight is 453 g/mol. The number of fused-ring (bicyclic) bond motifs is 1. The summed E-state index contributed by atoms with van der Waals surface area (Å²) in [4.78, 5) is 16.4. The highest BCUT2D eigenvalue weighted by atomic mass is 35.5. The Morgan fingerprint density at radius 2 is 1.84 bits per heavy atom. The molecule has 0 aliphatic heterocycles. The minimum atomic E-state index is -0.878. The molecule has 0 unspecified atom stereocenters. The molecule has 0 saturated carbocycles. The van der Waals surface area contributed by atoms with Crippen LogP contribution in [0.5, 0.6) is 0 Å². The van der Waals surface area contributed by atoms with E-state index in [1.165, 1.54) is 16.3 Å². The number of rotatable bonds is 5. The number of aliphatic carboxylic acids is 1. The molecule has 0 aliphatic carbocycles. The number of benzene rings is 3. The molecule has 0 fully saturated rings. The van der Waals surface area contributed by atoms with Crippen molar-refractivity contribution in [1.29, 1.82) is 0 Å². The standard InChI is InChI=1S/C23H21ClN4O2S/c1-12-9-18-22(21(16(12)11-20(29)30)13-3-6-15(24)7-4-13)31-23(27-18)14-5-8-19(28(2)26)17(25)10-14/h3-10H,11,25-26H2,1-2H3,(H,29,30). The first-order valence-corrected chi connectivity index (χ1v) is 10.7. The number of halogens is 1. The molecule has 0 radical (unpaired) electrons. The van der Waals surface area contributed by atoms with Crippen molar-refractivity contribution in [2.24, 2.45) is 5.84 Å². The summed E-state index contributed by atoms with van der Waals surface area (Å²) in [6.07, 6.45) is -0.0720. The van der Waals surface area contributed by atoms with Crippen LogP contribution in [0, 0.1) is 6.92 Å². The van der Waals surface area contributed by atoms with Crippen molar-refractivity contribution in [3.05, 3.63) is 64.7 Å². The molecule has 158 valence electrons. The lowest BCUT2D eigenvalue weighted by Gasteiger charge is -2.14. The van der Waals surface area contributed by atoms with E-state index < -0.39 is 5.97 Å². The van der Waals surface area contributed by atoms with Crippen LogP contribution in [-0.4, -0.2) is 23.1 Å². The van der Waals surface area contributed by atoms with Crippen LogP contribution in [0.25, 0.3) is 31.9 Å². The summed E-state index contributed by atoms with van der Waals surface area (Å²) < 4.78 is 0.928. The Balaban J connectivity index is 1.95. The summed E-state index contributed by atoms with van der Waals surface area (Å²) in [5.41, 5.74) is 12.6. The fourth-order valence-electron chi connectivity index (χ4n) is 3.67. The van der Waals surface area contributed by atoms with Gasteiger partial charge in [-0.2, -0.15) is 0 Å². The summed E-state index contributed by atoms with van der Waals surface area (Å²) in [6.45, 7) is 1.92. The van der Waals surface area contributed by atoms with Crippen molar-refractivity contribution in [3.8, 4) is 21.7 Å². The van der Waals surface area contributed by atoms with Gasteiger partial charge in [0.05, 0.1) is 28.0 Å². The van der Waals surface area contributed by atoms with Crippen molar-refractivity contribution in [3.63, 3.8) is 0 Å². The molecule has 1 aromatic heterocycles. The van der Waals surface area contributed by atoms with E-state index in [4.69, 9.17) is 28.2 Å². The van der Waals surface area contributed by atoms with Crippen LogP contribution in [0.1, 0.15) is 11.1 Å². The van der Waals surface area contributed by atoms with E-state index >= 15 is 0 Å². The predicted octanol–water partition coefficient (Wildman–Crippen LogP) is 5.11. The summed E-state index contributed by atoms with van der Waals surface area (Å²) in [7, 11) is 1.73. The summed E-state index contributed by atoms with van der Waals surface area (Å²) in [5.74, 6) is 4.94. The lowest BCUT2D eigenvalue weighted by atomic mass is 9.93. The number of aromatic nitrogens is 1. The molecule has 0 aliphatic rings. The number of hydrazine groups is 1. The molecule has 31 heavy (non-hydrogen) atoms. The minimum Gasteiger partial charge on any atom is -0.481 e. The highest BCUT2D eigenvalue weighted by Gasteiger charge is 2.19. The first-order chi connectivity index (χ1) is 14.7. The highest BCUT2D eigenvalue weighted by Crippen LogP contribution is 2.41. The first-order valence-electron chi connectivity index (χ1n) is 9.53. The number of carboxylic acids is 1. The number of thiazole rings is 1. The first kappa shape index (κ1) is 21.1. The summed E-state index contributed by atoms with van der Waals surface area (Å²) >= 11 is 7.59. The molecule has 6 nitrogen and oxygen atoms in total. The molecule has 8 heteroatoms. The van der Waals surface area contributed by atoms with Gasteiger partial charge < -0.3 is 15.8 Å². The van der Waals surface area contributed by atoms with E-state index in [0.29, 0.717) is 10.7 Å². The van der Waals surface area contributed by atoms with Crippen molar-refractivity contribution < 1.29 is 9.90 Å². The molecular weight excluding hydrogens is 432 g/mol. The molecule has 4 rings (SSSR count). The highest BCUT2D eigenvalue weighted by molar-refractivity contribution is 7.22. The second-order valence-corrected chi connectivity index (χ2v) is 8.81. The molecule has 0 amide bonds. The van der Waals surface area contributed by atoms with Gasteiger partial charge >= 0.3 is 5.97 Å². The molecule has 0 spiro atoms. The Bertz CT molecular complexity index is 1300. The van der Waals surface area contributed by atoms with Gasteiger partial charge in [-0.3, -0.25) is 4.79 Å². The monoisotopic (exact) mass is 452 g/mol. The summed E-state index contributed by atoms with van der Waals surface area (Å²) in [6, 6.07) is 15.0. The fraction of sp³-hybridized carbons (Fsp3) is 0.130. The van der Waals surface area contributed by atoms with Gasteiger partial charge in [0.1, 0.15) is 5.01 Å². The number of nitrogens with two attached hydrogens (primary N) is 2. The number of carboxylic acid groups (broad SMARTS) is 1. The lowest BCUT2D eigenvalue weighted by molar-refractivity contribution is -0.136. The second kappa shape index (κ2) is 8.19. The third-order valence-electron chi connectivity index (χ3n) is 5.13. The number of nitrogen functional groups attached to an aromatic ring is 1. The van der Waals surface area contributed by atoms with Gasteiger partial charge in [-0.25, -0.2) is 10.8 Å². The van der Waals surface area contributed by atoms with Crippen LogP contribution in [0.2, 0.25) is 5.02 Å². The topological polar surface area (TPSA) is 105 Å². The zero-order valence-electron chi connectivity index (χ0n) is 17.0. The van der Waals surface area contributed by atoms with Crippen molar-refractivity contribution in [2.45, 2.75) is 13.3 Å². The summed E-state index contributed by atoms with van der Waals surface area (Å²) in [5, 5.41) is 12.4. The lowest BCUT2D eigenvalue weighted by Crippen LogP contribution is -2.25. The van der Waals surface area contributed by atoms with Gasteiger partial charge in [-0.15, -0.1) is 11.3 Å². The zero-order valence-corrected chi connectivity index (χ0v) is 18.6. The maximum Gasteiger partial charge on any atom is 0.307 e. The maximum atomic E-state index is 11.6. The number of hydrogen-bond donors (Lipinski definition) is 3. The van der Waals surface area contributed by atoms with Gasteiger partial charge in [0.15, 0.2) is 0 Å². The second-order valence-electron chi connectivity index (χ2n) is 7.38. The van der Waals surface area contributed by atoms with E-state index in [0.717, 1.165) is 48.7 Å². The zero-order chi connectivity index (χ0) is 22.3. The van der Waals surface area contributed by atoms with E-state index in [1.54, 1.807) is 19.2 Å². The number of aryl methyl sites for hydroxylation is 1. The number of nitrogens with zero attached hydrogens (tertiary/aromatic N) is 2. The molecule has 0 bridgehead atoms. The molecular formula is C23H21ClN4O2S. The van der Waals surface area contributed by atoms with E-state index in [-0.39, 0.29) is 6.42 Å². The van der Waals surface area contributed by atoms with Crippen LogP contribution >= 0.6 is 22.9 Å². The number of carbonyl (C=O) groups is 1. The molecule has 4 aromatic rings. The van der Waals surface area contributed by atoms with Crippen LogP contribution in [0.3, 0.4) is 0 Å². The molecule has 3 aromatic carbocycles. The van der Waals surface area contributed by atoms with Crippen molar-refractivity contribution in [1.82, 2.24) is 4.98 Å². The van der Waals surface area contributed by atoms with E-state index in [1.807, 2.05) is 43.3 Å². The minimum absolute atomic E-state index is 0.0720. The normalized spacial score (nSPS) is 11.1. The third-order valence-corrected chi connectivity index (χ3v) is 6.52.